The van der Waals surface area contributed by atoms with Crippen molar-refractivity contribution >= 4 is 28.2 Å². The molecule has 0 unspecified atom stereocenters. The van der Waals surface area contributed by atoms with E-state index in [0.717, 1.165) is 0 Å². The number of allylic oxidation sites excluding steroid dienone is 2. The molecule has 2 aromatic rings. The number of amides is 1. The van der Waals surface area contributed by atoms with Crippen molar-refractivity contribution < 1.29 is 57.6 Å². The first-order valence-corrected chi connectivity index (χ1v) is 19.8. The number of ketones is 1. The summed E-state index contributed by atoms with van der Waals surface area (Å²) in [7, 11) is 1.43. The number of nitrogens with one attached hydrogen (secondary N) is 1. The Balaban J connectivity index is 1.52. The van der Waals surface area contributed by atoms with Crippen molar-refractivity contribution in [3.05, 3.63) is 58.0 Å². The molecule has 7 rings (SSSR count). The molecule has 2 aromatic carbocycles. The normalized spacial score (nSPS) is 35.3. The summed E-state index contributed by atoms with van der Waals surface area (Å²) in [6.45, 7) is 5.90. The van der Waals surface area contributed by atoms with Crippen LogP contribution in [0.15, 0.2) is 46.1 Å². The maximum atomic E-state index is 14.7. The maximum absolute atomic E-state index is 14.7. The minimum atomic E-state index is -2.74. The summed E-state index contributed by atoms with van der Waals surface area (Å²) in [5.41, 5.74) is -0.860. The van der Waals surface area contributed by atoms with Gasteiger partial charge < -0.3 is 50.0 Å². The van der Waals surface area contributed by atoms with Crippen LogP contribution in [0, 0.1) is 36.5 Å². The van der Waals surface area contributed by atoms with Crippen molar-refractivity contribution in [2.45, 2.75) is 111 Å². The van der Waals surface area contributed by atoms with Gasteiger partial charge in [0.05, 0.1) is 47.3 Å². The number of anilines is 1. The van der Waals surface area contributed by atoms with Crippen molar-refractivity contribution in [3.8, 4) is 17.2 Å². The first-order chi connectivity index (χ1) is 29.7. The van der Waals surface area contributed by atoms with Gasteiger partial charge in [-0.3, -0.25) is 14.6 Å². The molecule has 6 N–H and O–H groups in total. The number of likely N-dealkylation sites (tertiary alicyclic amines) is 1. The molecule has 0 aromatic heterocycles. The van der Waals surface area contributed by atoms with Gasteiger partial charge in [0.15, 0.2) is 5.75 Å². The molecule has 1 spiro atoms. The van der Waals surface area contributed by atoms with Gasteiger partial charge in [0, 0.05) is 94.9 Å². The molecule has 0 radical (unpaired) electrons. The second kappa shape index (κ2) is 16.4. The number of carbonyl (C=O) groups is 2. The van der Waals surface area contributed by atoms with Crippen molar-refractivity contribution in [2.75, 3.05) is 32.1 Å². The summed E-state index contributed by atoms with van der Waals surface area (Å²) in [6.07, 6.45) is 3.72. The molecule has 5 bridgehead atoms. The number of rotatable bonds is 3. The van der Waals surface area contributed by atoms with Crippen LogP contribution in [0.4, 0.5) is 5.69 Å². The van der Waals surface area contributed by atoms with E-state index in [4.69, 9.17) is 27.4 Å². The summed E-state index contributed by atoms with van der Waals surface area (Å²) in [4.78, 5) is 39.6. The van der Waals surface area contributed by atoms with E-state index in [-0.39, 0.29) is 82.1 Å². The molecule has 0 saturated carbocycles. The van der Waals surface area contributed by atoms with E-state index in [1.165, 1.54) is 46.3 Å². The Morgan fingerprint density at radius 2 is 1.62 bits per heavy atom. The number of phenols is 2. The summed E-state index contributed by atoms with van der Waals surface area (Å²) in [5.74, 6) is -8.78. The molecule has 316 valence electrons. The SMILES string of the molecule is [2H]C([2H])([2H])C(CN1CCC2(CC1)N=c1c(c3c4c5c(C)c(O)c3c(O)c1=NC(=O)/C(C)=C\C=C[C@@H](C)[C@@H](O)[C@H](C)[C@H](O)[C@H](C)[C@@H](O)[C@@H](C)[C@H](OC)/C=C\O[C@](C)(O5)C4=O)N2)C([2H])([2H])[2H]. The van der Waals surface area contributed by atoms with Crippen LogP contribution < -0.4 is 20.8 Å². The van der Waals surface area contributed by atoms with E-state index >= 15 is 0 Å². The van der Waals surface area contributed by atoms with Gasteiger partial charge in [-0.1, -0.05) is 59.6 Å². The zero-order valence-corrected chi connectivity index (χ0v) is 34.2. The molecule has 14 nitrogen and oxygen atoms in total. The van der Waals surface area contributed by atoms with Crippen LogP contribution in [-0.4, -0.2) is 105 Å². The second-order valence-electron chi connectivity index (χ2n) is 16.6. The van der Waals surface area contributed by atoms with E-state index in [9.17, 15) is 35.1 Å². The van der Waals surface area contributed by atoms with Gasteiger partial charge in [-0.05, 0) is 25.8 Å². The third-order valence-corrected chi connectivity index (χ3v) is 12.5. The highest BCUT2D eigenvalue weighted by molar-refractivity contribution is 6.21. The average Bonchev–Trinajstić information content (AvgIpc) is 3.72. The lowest BCUT2D eigenvalue weighted by Crippen LogP contribution is -2.47. The first kappa shape index (κ1) is 35.6. The Morgan fingerprint density at radius 3 is 2.28 bits per heavy atom. The zero-order chi connectivity index (χ0) is 47.6. The van der Waals surface area contributed by atoms with E-state index < -0.39 is 102 Å². The van der Waals surface area contributed by atoms with Crippen LogP contribution in [0.3, 0.4) is 0 Å². The van der Waals surface area contributed by atoms with Gasteiger partial charge in [-0.25, -0.2) is 4.99 Å². The standard InChI is InChI=1S/C44H60N4O10/c1-21(2)20-48-17-15-44(16-18-48)46-32-29-30-38(52)27(8)40-31(29)41(54)43(9,58-40)57-19-14-28(56-10)24(5)36(50)26(7)37(51)25(6)35(49)22(3)12-11-13-23(4)42(55)45-34(39(30)53)33(32)47-44/h11-14,19,21-22,24-26,28,35-37,46,49-53H,15-18,20H2,1-10H3/b12-11?,19-14-,23-13-,45-34?/t22-,24+,25+,26-,28-,35-,36+,37+,43-/m1/s1/i1D3,2D3. The Bertz CT molecular complexity index is 2380. The van der Waals surface area contributed by atoms with Crippen LogP contribution >= 0.6 is 0 Å². The number of hydrogen-bond acceptors (Lipinski definition) is 13. The fraction of sp³-hybridized carbons (Fsp3) is 0.591. The molecule has 5 aliphatic heterocycles. The molecule has 1 saturated heterocycles. The lowest BCUT2D eigenvalue weighted by atomic mass is 9.78. The fourth-order valence-corrected chi connectivity index (χ4v) is 8.59. The van der Waals surface area contributed by atoms with Crippen molar-refractivity contribution in [2.24, 2.45) is 39.6 Å². The summed E-state index contributed by atoms with van der Waals surface area (Å²) in [5, 5.41) is 60.8. The number of Topliss-reactive ketones (excluding diaryl/α,β-unsaturated/α-hetero) is 1. The van der Waals surface area contributed by atoms with Crippen LogP contribution in [-0.2, 0) is 14.3 Å². The third kappa shape index (κ3) is 7.65. The number of aromatic hydroxyl groups is 2. The molecule has 0 aliphatic carbocycles. The van der Waals surface area contributed by atoms with E-state index in [2.05, 4.69) is 10.3 Å². The number of carbonyl (C=O) groups excluding carboxylic acids is 2. The van der Waals surface area contributed by atoms with Gasteiger partial charge in [-0.2, -0.15) is 0 Å². The molecular formula is C44H60N4O10. The molecule has 14 heteroatoms. The quantitative estimate of drug-likeness (QED) is 0.242. The lowest BCUT2D eigenvalue weighted by Gasteiger charge is -2.38. The predicted molar refractivity (Wildman–Crippen MR) is 218 cm³/mol. The van der Waals surface area contributed by atoms with Gasteiger partial charge in [0.2, 0.25) is 0 Å². The van der Waals surface area contributed by atoms with Crippen molar-refractivity contribution in [3.63, 3.8) is 0 Å². The number of aliphatic hydroxyl groups excluding tert-OH is 3. The predicted octanol–water partition coefficient (Wildman–Crippen LogP) is 4.18. The molecule has 58 heavy (non-hydrogen) atoms. The van der Waals surface area contributed by atoms with Crippen molar-refractivity contribution in [1.29, 1.82) is 0 Å². The highest BCUT2D eigenvalue weighted by atomic mass is 16.7. The van der Waals surface area contributed by atoms with Crippen molar-refractivity contribution in [1.82, 2.24) is 4.90 Å². The lowest BCUT2D eigenvalue weighted by molar-refractivity contribution is -0.114. The number of piperidine rings is 1. The number of benzene rings is 2. The number of ether oxygens (including phenoxy) is 3. The Kier molecular flexibility index (Phi) is 10.0. The third-order valence-electron chi connectivity index (χ3n) is 12.5. The smallest absolute Gasteiger partial charge is 0.312 e. The molecular weight excluding hydrogens is 745 g/mol. The van der Waals surface area contributed by atoms with Gasteiger partial charge in [0.1, 0.15) is 27.9 Å². The molecule has 5 heterocycles. The highest BCUT2D eigenvalue weighted by Crippen LogP contribution is 2.51. The number of hydrogen-bond donors (Lipinski definition) is 6. The molecule has 1 amide bonds. The van der Waals surface area contributed by atoms with Crippen LogP contribution in [0.1, 0.15) is 92.2 Å². The Morgan fingerprint density at radius 1 is 0.966 bits per heavy atom. The fourth-order valence-electron chi connectivity index (χ4n) is 8.59. The molecule has 1 fully saturated rings. The largest absolute Gasteiger partial charge is 0.507 e. The molecule has 9 atom stereocenters. The van der Waals surface area contributed by atoms with Gasteiger partial charge in [-0.15, -0.1) is 0 Å². The first-order valence-electron chi connectivity index (χ1n) is 22.8. The van der Waals surface area contributed by atoms with E-state index in [0.29, 0.717) is 0 Å². The van der Waals surface area contributed by atoms with E-state index in [1.54, 1.807) is 44.7 Å². The summed E-state index contributed by atoms with van der Waals surface area (Å²) >= 11 is 0. The number of phenolic OH excluding ortho intramolecular Hbond substituents is 2. The maximum Gasteiger partial charge on any atom is 0.312 e. The number of nitrogens with zero attached hydrogens (tertiary/aromatic N) is 3. The van der Waals surface area contributed by atoms with Gasteiger partial charge in [0.25, 0.3) is 11.7 Å². The van der Waals surface area contributed by atoms with Gasteiger partial charge >= 0.3 is 5.79 Å². The Labute approximate surface area is 348 Å². The summed E-state index contributed by atoms with van der Waals surface area (Å²) in [6, 6.07) is 0. The molecule has 5 aliphatic rings. The summed E-state index contributed by atoms with van der Waals surface area (Å²) < 4.78 is 65.3. The monoisotopic (exact) mass is 810 g/mol. The van der Waals surface area contributed by atoms with E-state index in [1.807, 2.05) is 0 Å². The number of fused-ring (bicyclic) bond motifs is 13. The van der Waals surface area contributed by atoms with Crippen LogP contribution in [0.2, 0.25) is 0 Å². The minimum Gasteiger partial charge on any atom is -0.507 e. The number of methoxy groups -OCH3 is 1. The minimum absolute atomic E-state index is 0.00845. The average molecular weight is 811 g/mol. The number of aliphatic hydroxyl groups is 3. The zero-order valence-electron chi connectivity index (χ0n) is 40.2. The second-order valence-corrected chi connectivity index (χ2v) is 16.6. The Hall–Kier alpha value is -4.34. The van der Waals surface area contributed by atoms with Crippen LogP contribution in [0.5, 0.6) is 17.2 Å². The highest BCUT2D eigenvalue weighted by Gasteiger charge is 2.50. The van der Waals surface area contributed by atoms with Crippen LogP contribution in [0.25, 0.3) is 10.8 Å². The topological polar surface area (TPSA) is 203 Å².